The molecule has 3 aromatic carbocycles. The van der Waals surface area contributed by atoms with E-state index in [0.29, 0.717) is 10.6 Å². The SMILES string of the molecule is N#CC(=CNc1ccccc1)P(=O)(c1ccccc1)c1ccccc1. The fourth-order valence-corrected chi connectivity index (χ4v) is 5.01. The molecular formula is C21H17N2OP. The molecule has 0 amide bonds. The number of hydrogen-bond donors (Lipinski definition) is 1. The molecule has 122 valence electrons. The molecule has 0 saturated heterocycles. The van der Waals surface area contributed by atoms with Crippen LogP contribution in [0, 0.1) is 11.3 Å². The molecule has 3 nitrogen and oxygen atoms in total. The quantitative estimate of drug-likeness (QED) is 0.548. The second kappa shape index (κ2) is 7.66. The van der Waals surface area contributed by atoms with E-state index < -0.39 is 7.14 Å². The fraction of sp³-hybridized carbons (Fsp3) is 0. The lowest BCUT2D eigenvalue weighted by Gasteiger charge is -2.18. The molecule has 4 heteroatoms. The molecule has 25 heavy (non-hydrogen) atoms. The van der Waals surface area contributed by atoms with Crippen molar-refractivity contribution in [3.05, 3.63) is 103 Å². The van der Waals surface area contributed by atoms with Crippen LogP contribution in [0.5, 0.6) is 0 Å². The van der Waals surface area contributed by atoms with Crippen molar-refractivity contribution in [3.63, 3.8) is 0 Å². The van der Waals surface area contributed by atoms with Gasteiger partial charge in [0.05, 0.1) is 0 Å². The Balaban J connectivity index is 2.11. The van der Waals surface area contributed by atoms with Crippen LogP contribution in [0.3, 0.4) is 0 Å². The normalized spacial score (nSPS) is 11.6. The van der Waals surface area contributed by atoms with Crippen LogP contribution in [0.1, 0.15) is 0 Å². The molecule has 0 aliphatic carbocycles. The molecule has 3 rings (SSSR count). The number of nitrogens with one attached hydrogen (secondary N) is 1. The Bertz CT molecular complexity index is 902. The van der Waals surface area contributed by atoms with Crippen molar-refractivity contribution >= 4 is 23.4 Å². The van der Waals surface area contributed by atoms with Crippen molar-refractivity contribution in [1.82, 2.24) is 0 Å². The highest BCUT2D eigenvalue weighted by molar-refractivity contribution is 7.82. The molecular weight excluding hydrogens is 327 g/mol. The van der Waals surface area contributed by atoms with Gasteiger partial charge in [0.15, 0.2) is 7.14 Å². The molecule has 0 fully saturated rings. The zero-order chi connectivity index (χ0) is 17.5. The van der Waals surface area contributed by atoms with E-state index >= 15 is 0 Å². The Morgan fingerprint density at radius 3 is 1.68 bits per heavy atom. The Hall–Kier alpha value is -3.08. The molecule has 0 bridgehead atoms. The molecule has 0 aliphatic rings. The predicted octanol–water partition coefficient (Wildman–Crippen LogP) is 4.48. The highest BCUT2D eigenvalue weighted by Gasteiger charge is 2.32. The Kier molecular flexibility index (Phi) is 5.14. The van der Waals surface area contributed by atoms with Gasteiger partial charge in [-0.2, -0.15) is 5.26 Å². The molecule has 0 spiro atoms. The Morgan fingerprint density at radius 2 is 1.24 bits per heavy atom. The summed E-state index contributed by atoms with van der Waals surface area (Å²) < 4.78 is 14.0. The second-order valence-corrected chi connectivity index (χ2v) is 8.17. The van der Waals surface area contributed by atoms with Gasteiger partial charge in [-0.25, -0.2) is 0 Å². The first-order valence-corrected chi connectivity index (χ1v) is 9.59. The molecule has 0 aromatic heterocycles. The predicted molar refractivity (Wildman–Crippen MR) is 104 cm³/mol. The van der Waals surface area contributed by atoms with Crippen LogP contribution >= 0.6 is 7.14 Å². The number of nitriles is 1. The zero-order valence-corrected chi connectivity index (χ0v) is 14.4. The summed E-state index contributed by atoms with van der Waals surface area (Å²) in [5, 5.41) is 14.3. The van der Waals surface area contributed by atoms with Gasteiger partial charge >= 0.3 is 0 Å². The summed E-state index contributed by atoms with van der Waals surface area (Å²) in [6, 6.07) is 30.0. The lowest BCUT2D eigenvalue weighted by atomic mass is 10.3. The highest BCUT2D eigenvalue weighted by atomic mass is 31.2. The zero-order valence-electron chi connectivity index (χ0n) is 13.5. The summed E-state index contributed by atoms with van der Waals surface area (Å²) in [7, 11) is -3.23. The summed E-state index contributed by atoms with van der Waals surface area (Å²) in [4.78, 5) is 0. The van der Waals surface area contributed by atoms with E-state index in [-0.39, 0.29) is 5.31 Å². The number of anilines is 1. The lowest BCUT2D eigenvalue weighted by molar-refractivity contribution is 0.591. The monoisotopic (exact) mass is 344 g/mol. The van der Waals surface area contributed by atoms with Gasteiger partial charge < -0.3 is 9.88 Å². The van der Waals surface area contributed by atoms with Crippen molar-refractivity contribution in [2.75, 3.05) is 5.32 Å². The number of benzene rings is 3. The largest absolute Gasteiger partial charge is 0.360 e. The Labute approximate surface area is 147 Å². The van der Waals surface area contributed by atoms with E-state index in [4.69, 9.17) is 0 Å². The first-order valence-electron chi connectivity index (χ1n) is 7.89. The second-order valence-electron chi connectivity index (χ2n) is 5.43. The van der Waals surface area contributed by atoms with Gasteiger partial charge in [-0.15, -0.1) is 0 Å². The lowest BCUT2D eigenvalue weighted by Crippen LogP contribution is -2.17. The van der Waals surface area contributed by atoms with Gasteiger partial charge in [0, 0.05) is 22.5 Å². The van der Waals surface area contributed by atoms with Crippen LogP contribution in [0.25, 0.3) is 0 Å². The van der Waals surface area contributed by atoms with Crippen LogP contribution in [0.2, 0.25) is 0 Å². The third kappa shape index (κ3) is 3.55. The number of nitrogens with zero attached hydrogens (tertiary/aromatic N) is 1. The maximum atomic E-state index is 14.0. The van der Waals surface area contributed by atoms with Crippen LogP contribution in [-0.4, -0.2) is 0 Å². The smallest absolute Gasteiger partial charge is 0.182 e. The molecule has 1 N–H and O–H groups in total. The molecule has 0 aliphatic heterocycles. The highest BCUT2D eigenvalue weighted by Crippen LogP contribution is 2.51. The summed E-state index contributed by atoms with van der Waals surface area (Å²) in [6.07, 6.45) is 1.55. The third-order valence-electron chi connectivity index (χ3n) is 3.84. The van der Waals surface area contributed by atoms with Gasteiger partial charge in [0.1, 0.15) is 11.4 Å². The first-order chi connectivity index (χ1) is 12.2. The average molecular weight is 344 g/mol. The maximum absolute atomic E-state index is 14.0. The van der Waals surface area contributed by atoms with Crippen LogP contribution in [-0.2, 0) is 4.57 Å². The van der Waals surface area contributed by atoms with Gasteiger partial charge in [-0.3, -0.25) is 0 Å². The van der Waals surface area contributed by atoms with Gasteiger partial charge in [-0.05, 0) is 12.1 Å². The summed E-state index contributed by atoms with van der Waals surface area (Å²) in [5.41, 5.74) is 0.836. The van der Waals surface area contributed by atoms with E-state index in [1.165, 1.54) is 0 Å². The summed E-state index contributed by atoms with van der Waals surface area (Å²) in [6.45, 7) is 0. The van der Waals surface area contributed by atoms with Crippen molar-refractivity contribution < 1.29 is 4.57 Å². The first kappa shape index (κ1) is 16.8. The number of rotatable bonds is 5. The van der Waals surface area contributed by atoms with Crippen molar-refractivity contribution in [2.45, 2.75) is 0 Å². The molecule has 3 aromatic rings. The van der Waals surface area contributed by atoms with Crippen molar-refractivity contribution in [1.29, 1.82) is 5.26 Å². The molecule has 0 heterocycles. The van der Waals surface area contributed by atoms with E-state index in [2.05, 4.69) is 11.4 Å². The summed E-state index contributed by atoms with van der Waals surface area (Å²) >= 11 is 0. The Morgan fingerprint density at radius 1 is 0.800 bits per heavy atom. The number of para-hydroxylation sites is 1. The molecule has 0 unspecified atom stereocenters. The summed E-state index contributed by atoms with van der Waals surface area (Å²) in [5.74, 6) is 0. The minimum absolute atomic E-state index is 0.216. The fourth-order valence-electron chi connectivity index (χ4n) is 2.58. The van der Waals surface area contributed by atoms with Crippen molar-refractivity contribution in [3.8, 4) is 6.07 Å². The third-order valence-corrected chi connectivity index (χ3v) is 6.80. The topological polar surface area (TPSA) is 52.9 Å². The van der Waals surface area contributed by atoms with Crippen LogP contribution in [0.15, 0.2) is 103 Å². The number of hydrogen-bond acceptors (Lipinski definition) is 3. The van der Waals surface area contributed by atoms with E-state index in [1.807, 2.05) is 91.0 Å². The molecule has 0 saturated carbocycles. The molecule has 0 atom stereocenters. The van der Waals surface area contributed by atoms with Crippen LogP contribution < -0.4 is 15.9 Å². The maximum Gasteiger partial charge on any atom is 0.182 e. The van der Waals surface area contributed by atoms with E-state index in [0.717, 1.165) is 5.69 Å². The standard InChI is InChI=1S/C21H17N2OP/c22-16-21(17-23-18-10-4-1-5-11-18)25(24,19-12-6-2-7-13-19)20-14-8-3-9-15-20/h1-15,17,23H. The van der Waals surface area contributed by atoms with E-state index in [1.54, 1.807) is 6.20 Å². The van der Waals surface area contributed by atoms with Crippen molar-refractivity contribution in [2.24, 2.45) is 0 Å². The minimum atomic E-state index is -3.23. The average Bonchev–Trinajstić information content (AvgIpc) is 2.70. The van der Waals surface area contributed by atoms with Gasteiger partial charge in [0.25, 0.3) is 0 Å². The molecule has 0 radical (unpaired) electrons. The van der Waals surface area contributed by atoms with Crippen LogP contribution in [0.4, 0.5) is 5.69 Å². The van der Waals surface area contributed by atoms with Gasteiger partial charge in [-0.1, -0.05) is 78.9 Å². The minimum Gasteiger partial charge on any atom is -0.360 e. The van der Waals surface area contributed by atoms with E-state index in [9.17, 15) is 9.83 Å². The van der Waals surface area contributed by atoms with Gasteiger partial charge in [0.2, 0.25) is 0 Å². The number of allylic oxidation sites excluding steroid dienone is 1.